The second kappa shape index (κ2) is 5.16. The molecule has 0 saturated carbocycles. The number of benzene rings is 4. The zero-order chi connectivity index (χ0) is 14.9. The Morgan fingerprint density at radius 1 is 0.591 bits per heavy atom. The molecule has 0 unspecified atom stereocenters. The smallest absolute Gasteiger partial charge is 0.00990 e. The van der Waals surface area contributed by atoms with Gasteiger partial charge >= 0.3 is 0 Å². The van der Waals surface area contributed by atoms with Crippen LogP contribution in [0.5, 0.6) is 0 Å². The van der Waals surface area contributed by atoms with E-state index in [0.717, 1.165) is 5.57 Å². The monoisotopic (exact) mass is 280 g/mol. The maximum Gasteiger partial charge on any atom is -0.00990 e. The quantitative estimate of drug-likeness (QED) is 0.392. The molecule has 0 radical (unpaired) electrons. The van der Waals surface area contributed by atoms with Crippen molar-refractivity contribution in [2.24, 2.45) is 0 Å². The van der Waals surface area contributed by atoms with Gasteiger partial charge in [-0.3, -0.25) is 0 Å². The molecule has 22 heavy (non-hydrogen) atoms. The van der Waals surface area contributed by atoms with E-state index in [4.69, 9.17) is 0 Å². The second-order valence-electron chi connectivity index (χ2n) is 5.57. The fourth-order valence-electron chi connectivity index (χ4n) is 3.02. The van der Waals surface area contributed by atoms with E-state index < -0.39 is 0 Å². The summed E-state index contributed by atoms with van der Waals surface area (Å²) >= 11 is 0. The van der Waals surface area contributed by atoms with Gasteiger partial charge in [-0.1, -0.05) is 79.4 Å². The van der Waals surface area contributed by atoms with Crippen LogP contribution in [0.1, 0.15) is 11.1 Å². The van der Waals surface area contributed by atoms with E-state index in [-0.39, 0.29) is 0 Å². The van der Waals surface area contributed by atoms with E-state index in [1.165, 1.54) is 32.7 Å². The van der Waals surface area contributed by atoms with Gasteiger partial charge in [0.15, 0.2) is 0 Å². The predicted octanol–water partition coefficient (Wildman–Crippen LogP) is 6.05. The average molecular weight is 280 g/mol. The topological polar surface area (TPSA) is 0 Å². The van der Waals surface area contributed by atoms with Gasteiger partial charge in [0.05, 0.1) is 0 Å². The molecule has 0 heterocycles. The maximum absolute atomic E-state index is 4.33. The molecule has 0 spiro atoms. The van der Waals surface area contributed by atoms with Crippen molar-refractivity contribution in [3.8, 4) is 0 Å². The van der Waals surface area contributed by atoms with Crippen LogP contribution in [-0.4, -0.2) is 0 Å². The van der Waals surface area contributed by atoms with Crippen LogP contribution < -0.4 is 0 Å². The standard InChI is InChI=1S/C22H16/c1-16(17-8-3-2-4-9-17)21-13-7-12-20-14-18-10-5-6-11-19(18)15-22(20)21/h2-15H,1H2. The van der Waals surface area contributed by atoms with Gasteiger partial charge < -0.3 is 0 Å². The van der Waals surface area contributed by atoms with E-state index in [2.05, 4.69) is 85.4 Å². The highest BCUT2D eigenvalue weighted by atomic mass is 14.1. The lowest BCUT2D eigenvalue weighted by Gasteiger charge is -2.11. The van der Waals surface area contributed by atoms with Gasteiger partial charge in [0.2, 0.25) is 0 Å². The molecule has 4 aromatic rings. The highest BCUT2D eigenvalue weighted by Gasteiger charge is 2.07. The lowest BCUT2D eigenvalue weighted by Crippen LogP contribution is -1.88. The molecule has 0 nitrogen and oxygen atoms in total. The van der Waals surface area contributed by atoms with Crippen molar-refractivity contribution in [1.29, 1.82) is 0 Å². The summed E-state index contributed by atoms with van der Waals surface area (Å²) in [6.07, 6.45) is 0. The highest BCUT2D eigenvalue weighted by Crippen LogP contribution is 2.31. The van der Waals surface area contributed by atoms with E-state index in [9.17, 15) is 0 Å². The van der Waals surface area contributed by atoms with Crippen LogP contribution in [0.3, 0.4) is 0 Å². The third kappa shape index (κ3) is 2.10. The molecular weight excluding hydrogens is 264 g/mol. The lowest BCUT2D eigenvalue weighted by atomic mass is 9.93. The molecule has 0 N–H and O–H groups in total. The van der Waals surface area contributed by atoms with Crippen LogP contribution in [-0.2, 0) is 0 Å². The van der Waals surface area contributed by atoms with Crippen LogP contribution in [0.2, 0.25) is 0 Å². The summed E-state index contributed by atoms with van der Waals surface area (Å²) < 4.78 is 0. The van der Waals surface area contributed by atoms with Crippen molar-refractivity contribution in [2.75, 3.05) is 0 Å². The minimum atomic E-state index is 1.07. The van der Waals surface area contributed by atoms with Crippen LogP contribution in [0, 0.1) is 0 Å². The maximum atomic E-state index is 4.33. The summed E-state index contributed by atoms with van der Waals surface area (Å²) in [7, 11) is 0. The predicted molar refractivity (Wildman–Crippen MR) is 96.0 cm³/mol. The van der Waals surface area contributed by atoms with Crippen molar-refractivity contribution in [2.45, 2.75) is 0 Å². The van der Waals surface area contributed by atoms with Gasteiger partial charge in [0, 0.05) is 0 Å². The summed E-state index contributed by atoms with van der Waals surface area (Å²) in [4.78, 5) is 0. The zero-order valence-electron chi connectivity index (χ0n) is 12.3. The zero-order valence-corrected chi connectivity index (χ0v) is 12.3. The van der Waals surface area contributed by atoms with Gasteiger partial charge in [-0.15, -0.1) is 0 Å². The third-order valence-corrected chi connectivity index (χ3v) is 4.19. The Morgan fingerprint density at radius 2 is 1.23 bits per heavy atom. The molecular formula is C22H16. The molecule has 0 atom stereocenters. The van der Waals surface area contributed by atoms with E-state index in [1.807, 2.05) is 6.07 Å². The Bertz CT molecular complexity index is 978. The average Bonchev–Trinajstić information content (AvgIpc) is 2.59. The molecule has 0 aromatic heterocycles. The number of hydrogen-bond donors (Lipinski definition) is 0. The first-order valence-electron chi connectivity index (χ1n) is 7.49. The fourth-order valence-corrected chi connectivity index (χ4v) is 3.02. The molecule has 4 aromatic carbocycles. The Hall–Kier alpha value is -2.86. The molecule has 104 valence electrons. The molecule has 4 rings (SSSR count). The third-order valence-electron chi connectivity index (χ3n) is 4.19. The lowest BCUT2D eigenvalue weighted by molar-refractivity contribution is 1.59. The molecule has 0 bridgehead atoms. The van der Waals surface area contributed by atoms with Gasteiger partial charge in [-0.05, 0) is 50.4 Å². The largest absolute Gasteiger partial charge is 0.0905 e. The van der Waals surface area contributed by atoms with Crippen LogP contribution in [0.15, 0.2) is 91.5 Å². The van der Waals surface area contributed by atoms with Crippen molar-refractivity contribution < 1.29 is 0 Å². The van der Waals surface area contributed by atoms with Crippen molar-refractivity contribution >= 4 is 27.1 Å². The summed E-state index contributed by atoms with van der Waals surface area (Å²) in [6.45, 7) is 4.33. The molecule has 0 fully saturated rings. The summed E-state index contributed by atoms with van der Waals surface area (Å²) in [5.74, 6) is 0. The van der Waals surface area contributed by atoms with Gasteiger partial charge in [-0.2, -0.15) is 0 Å². The number of fused-ring (bicyclic) bond motifs is 2. The Kier molecular flexibility index (Phi) is 3.01. The van der Waals surface area contributed by atoms with Crippen molar-refractivity contribution in [3.63, 3.8) is 0 Å². The minimum absolute atomic E-state index is 1.07. The van der Waals surface area contributed by atoms with Crippen LogP contribution >= 0.6 is 0 Å². The summed E-state index contributed by atoms with van der Waals surface area (Å²) in [6, 6.07) is 29.8. The number of hydrogen-bond acceptors (Lipinski definition) is 0. The normalized spacial score (nSPS) is 10.9. The van der Waals surface area contributed by atoms with Crippen LogP contribution in [0.4, 0.5) is 0 Å². The first kappa shape index (κ1) is 12.8. The molecule has 0 aliphatic rings. The molecule has 0 saturated heterocycles. The highest BCUT2D eigenvalue weighted by molar-refractivity contribution is 6.04. The van der Waals surface area contributed by atoms with Crippen molar-refractivity contribution in [1.82, 2.24) is 0 Å². The van der Waals surface area contributed by atoms with Crippen molar-refractivity contribution in [3.05, 3.63) is 103 Å². The minimum Gasteiger partial charge on any atom is -0.0905 e. The first-order chi connectivity index (χ1) is 10.8. The Morgan fingerprint density at radius 3 is 2.00 bits per heavy atom. The molecule has 0 amide bonds. The summed E-state index contributed by atoms with van der Waals surface area (Å²) in [5, 5.41) is 5.06. The molecule has 0 aliphatic carbocycles. The fraction of sp³-hybridized carbons (Fsp3) is 0. The molecule has 0 aliphatic heterocycles. The van der Waals surface area contributed by atoms with Gasteiger partial charge in [-0.25, -0.2) is 0 Å². The first-order valence-corrected chi connectivity index (χ1v) is 7.49. The van der Waals surface area contributed by atoms with Crippen LogP contribution in [0.25, 0.3) is 27.1 Å². The van der Waals surface area contributed by atoms with E-state index in [1.54, 1.807) is 0 Å². The Balaban J connectivity index is 1.98. The van der Waals surface area contributed by atoms with Gasteiger partial charge in [0.25, 0.3) is 0 Å². The SMILES string of the molecule is C=C(c1ccccc1)c1cccc2cc3ccccc3cc12. The Labute approximate surface area is 130 Å². The van der Waals surface area contributed by atoms with E-state index >= 15 is 0 Å². The number of rotatable bonds is 2. The summed E-state index contributed by atoms with van der Waals surface area (Å²) in [5.41, 5.74) is 3.44. The second-order valence-corrected chi connectivity index (χ2v) is 5.57. The molecule has 0 heteroatoms. The van der Waals surface area contributed by atoms with E-state index in [0.29, 0.717) is 0 Å². The van der Waals surface area contributed by atoms with Gasteiger partial charge in [0.1, 0.15) is 0 Å².